The molecule has 0 saturated heterocycles. The summed E-state index contributed by atoms with van der Waals surface area (Å²) in [6.07, 6.45) is 2.55. The molecule has 0 aliphatic rings. The van der Waals surface area contributed by atoms with E-state index >= 15 is 0 Å². The Balaban J connectivity index is 3.26. The maximum atomic E-state index is 4.28. The Morgan fingerprint density at radius 2 is 2.00 bits per heavy atom. The maximum Gasteiger partial charge on any atom is -0.00219 e. The van der Waals surface area contributed by atoms with E-state index in [2.05, 4.69) is 38.5 Å². The summed E-state index contributed by atoms with van der Waals surface area (Å²) in [5.74, 6) is 1.84. The molecule has 0 rings (SSSR count). The molecule has 2 heteroatoms. The maximum absolute atomic E-state index is 4.28. The normalized spacial score (nSPS) is 14.1. The number of rotatable bonds is 5. The van der Waals surface area contributed by atoms with Crippen LogP contribution in [-0.4, -0.2) is 31.3 Å². The molecule has 0 aromatic rings. The quantitative estimate of drug-likeness (QED) is 0.603. The van der Waals surface area contributed by atoms with E-state index < -0.39 is 0 Å². The van der Waals surface area contributed by atoms with Crippen molar-refractivity contribution in [3.8, 4) is 0 Å². The van der Waals surface area contributed by atoms with Gasteiger partial charge < -0.3 is 4.90 Å². The molecule has 0 fully saturated rings. The van der Waals surface area contributed by atoms with E-state index in [-0.39, 0.29) is 0 Å². The van der Waals surface area contributed by atoms with Crippen molar-refractivity contribution in [2.45, 2.75) is 19.8 Å². The molecule has 0 heterocycles. The summed E-state index contributed by atoms with van der Waals surface area (Å²) in [7, 11) is 4.23. The lowest BCUT2D eigenvalue weighted by Crippen LogP contribution is -2.17. The average Bonchev–Trinajstić information content (AvgIpc) is 1.90. The molecular formula is C8H19NS. The molecule has 0 spiro atoms. The Bertz CT molecular complexity index is 69.7. The number of hydrogen-bond acceptors (Lipinski definition) is 2. The Morgan fingerprint density at radius 3 is 2.30 bits per heavy atom. The van der Waals surface area contributed by atoms with Crippen LogP contribution in [0.5, 0.6) is 0 Å². The molecule has 0 aliphatic carbocycles. The monoisotopic (exact) mass is 161 g/mol. The standard InChI is InChI=1S/C8H19NS/c1-4-8(7-10)5-6-9(2)3/h8,10H,4-7H2,1-3H3. The van der Waals surface area contributed by atoms with Gasteiger partial charge in [-0.2, -0.15) is 12.6 Å². The minimum absolute atomic E-state index is 0.811. The van der Waals surface area contributed by atoms with Crippen molar-refractivity contribution in [2.75, 3.05) is 26.4 Å². The van der Waals surface area contributed by atoms with Crippen molar-refractivity contribution < 1.29 is 0 Å². The molecule has 0 aromatic heterocycles. The second kappa shape index (κ2) is 6.05. The summed E-state index contributed by atoms with van der Waals surface area (Å²) in [6.45, 7) is 3.43. The van der Waals surface area contributed by atoms with Gasteiger partial charge in [-0.25, -0.2) is 0 Å². The SMILES string of the molecule is CCC(CS)CCN(C)C. The van der Waals surface area contributed by atoms with Gasteiger partial charge in [0.2, 0.25) is 0 Å². The molecule has 0 bridgehead atoms. The van der Waals surface area contributed by atoms with Gasteiger partial charge in [-0.15, -0.1) is 0 Å². The highest BCUT2D eigenvalue weighted by Gasteiger charge is 2.02. The predicted octanol–water partition coefficient (Wildman–Crippen LogP) is 1.89. The Morgan fingerprint density at radius 1 is 1.40 bits per heavy atom. The van der Waals surface area contributed by atoms with E-state index in [1.165, 1.54) is 19.4 Å². The molecule has 0 amide bonds. The van der Waals surface area contributed by atoms with Crippen LogP contribution in [0.3, 0.4) is 0 Å². The van der Waals surface area contributed by atoms with Crippen molar-refractivity contribution >= 4 is 12.6 Å². The van der Waals surface area contributed by atoms with Crippen molar-refractivity contribution in [1.82, 2.24) is 4.90 Å². The highest BCUT2D eigenvalue weighted by Crippen LogP contribution is 2.09. The summed E-state index contributed by atoms with van der Waals surface area (Å²) in [5.41, 5.74) is 0. The lowest BCUT2D eigenvalue weighted by atomic mass is 10.1. The van der Waals surface area contributed by atoms with Crippen molar-refractivity contribution in [2.24, 2.45) is 5.92 Å². The Labute approximate surface area is 70.2 Å². The third-order valence-electron chi connectivity index (χ3n) is 1.82. The van der Waals surface area contributed by atoms with Crippen molar-refractivity contribution in [3.05, 3.63) is 0 Å². The average molecular weight is 161 g/mol. The molecular weight excluding hydrogens is 142 g/mol. The molecule has 1 atom stereocenters. The largest absolute Gasteiger partial charge is 0.309 e. The highest BCUT2D eigenvalue weighted by molar-refractivity contribution is 7.80. The fourth-order valence-corrected chi connectivity index (χ4v) is 1.31. The van der Waals surface area contributed by atoms with Crippen LogP contribution in [0.4, 0.5) is 0 Å². The van der Waals surface area contributed by atoms with Crippen LogP contribution < -0.4 is 0 Å². The summed E-state index contributed by atoms with van der Waals surface area (Å²) < 4.78 is 0. The van der Waals surface area contributed by atoms with E-state index in [9.17, 15) is 0 Å². The van der Waals surface area contributed by atoms with E-state index in [0.717, 1.165) is 11.7 Å². The zero-order chi connectivity index (χ0) is 7.98. The summed E-state index contributed by atoms with van der Waals surface area (Å²) >= 11 is 4.28. The van der Waals surface area contributed by atoms with Crippen LogP contribution in [0.15, 0.2) is 0 Å². The molecule has 1 nitrogen and oxygen atoms in total. The fourth-order valence-electron chi connectivity index (χ4n) is 0.865. The molecule has 0 saturated carbocycles. The zero-order valence-electron chi connectivity index (χ0n) is 7.30. The molecule has 0 aromatic carbocycles. The van der Waals surface area contributed by atoms with Gasteiger partial charge in [0.1, 0.15) is 0 Å². The number of nitrogens with zero attached hydrogens (tertiary/aromatic N) is 1. The Kier molecular flexibility index (Phi) is 6.24. The molecule has 0 radical (unpaired) electrons. The van der Waals surface area contributed by atoms with Gasteiger partial charge in [-0.1, -0.05) is 13.3 Å². The number of thiol groups is 1. The third-order valence-corrected chi connectivity index (χ3v) is 2.34. The van der Waals surface area contributed by atoms with Crippen LogP contribution in [0.25, 0.3) is 0 Å². The van der Waals surface area contributed by atoms with Gasteiger partial charge in [0, 0.05) is 0 Å². The first-order valence-corrected chi connectivity index (χ1v) is 4.59. The molecule has 0 N–H and O–H groups in total. The van der Waals surface area contributed by atoms with E-state index in [0.29, 0.717) is 0 Å². The van der Waals surface area contributed by atoms with Gasteiger partial charge in [0.25, 0.3) is 0 Å². The zero-order valence-corrected chi connectivity index (χ0v) is 8.19. The van der Waals surface area contributed by atoms with Gasteiger partial charge in [0.05, 0.1) is 0 Å². The summed E-state index contributed by atoms with van der Waals surface area (Å²) in [4.78, 5) is 2.23. The Hall–Kier alpha value is 0.310. The third kappa shape index (κ3) is 5.12. The van der Waals surface area contributed by atoms with Crippen LogP contribution in [0, 0.1) is 5.92 Å². The van der Waals surface area contributed by atoms with Gasteiger partial charge in [0.15, 0.2) is 0 Å². The molecule has 0 aliphatic heterocycles. The van der Waals surface area contributed by atoms with E-state index in [1.54, 1.807) is 0 Å². The van der Waals surface area contributed by atoms with E-state index in [4.69, 9.17) is 0 Å². The van der Waals surface area contributed by atoms with E-state index in [1.807, 2.05) is 0 Å². The first kappa shape index (κ1) is 10.3. The number of hydrogen-bond donors (Lipinski definition) is 1. The van der Waals surface area contributed by atoms with Crippen LogP contribution in [0.2, 0.25) is 0 Å². The summed E-state index contributed by atoms with van der Waals surface area (Å²) in [6, 6.07) is 0. The smallest absolute Gasteiger partial charge is 0.00219 e. The van der Waals surface area contributed by atoms with Crippen molar-refractivity contribution in [3.63, 3.8) is 0 Å². The first-order valence-electron chi connectivity index (χ1n) is 3.96. The van der Waals surface area contributed by atoms with Crippen LogP contribution in [-0.2, 0) is 0 Å². The lowest BCUT2D eigenvalue weighted by molar-refractivity contribution is 0.359. The second-order valence-corrected chi connectivity index (χ2v) is 3.41. The second-order valence-electron chi connectivity index (χ2n) is 3.05. The van der Waals surface area contributed by atoms with Gasteiger partial charge >= 0.3 is 0 Å². The van der Waals surface area contributed by atoms with Gasteiger partial charge in [-0.3, -0.25) is 0 Å². The first-order chi connectivity index (χ1) is 4.70. The highest BCUT2D eigenvalue weighted by atomic mass is 32.1. The fraction of sp³-hybridized carbons (Fsp3) is 1.00. The summed E-state index contributed by atoms with van der Waals surface area (Å²) in [5, 5.41) is 0. The predicted molar refractivity (Wildman–Crippen MR) is 50.8 cm³/mol. The lowest BCUT2D eigenvalue weighted by Gasteiger charge is -2.14. The minimum Gasteiger partial charge on any atom is -0.309 e. The minimum atomic E-state index is 0.811. The molecule has 10 heavy (non-hydrogen) atoms. The van der Waals surface area contributed by atoms with Gasteiger partial charge in [-0.05, 0) is 38.7 Å². The topological polar surface area (TPSA) is 3.24 Å². The molecule has 62 valence electrons. The van der Waals surface area contributed by atoms with Crippen LogP contribution >= 0.6 is 12.6 Å². The molecule has 1 unspecified atom stereocenters. The van der Waals surface area contributed by atoms with Crippen LogP contribution in [0.1, 0.15) is 19.8 Å². The van der Waals surface area contributed by atoms with Crippen molar-refractivity contribution in [1.29, 1.82) is 0 Å².